The van der Waals surface area contributed by atoms with E-state index in [1.807, 2.05) is 68.4 Å². The molecule has 198 valence electrons. The molecule has 0 fully saturated rings. The molecule has 8 nitrogen and oxygen atoms in total. The largest absolute Gasteiger partial charge is 0.486 e. The lowest BCUT2D eigenvalue weighted by molar-refractivity contribution is -0.136. The van der Waals surface area contributed by atoms with Gasteiger partial charge in [0.05, 0.1) is 31.1 Å². The first-order valence-corrected chi connectivity index (χ1v) is 12.9. The van der Waals surface area contributed by atoms with E-state index in [2.05, 4.69) is 5.32 Å². The standard InChI is InChI=1S/C29H36N2O6/c1-19(2)36-16-8-14-31(25(33)17-20-9-4-3-5-10-20)23-18-22(29(35)30-13-15-32)26-21-11-6-7-12-24(21)37-28(26)27(23)34/h3-7,9-12,18-19,23,26-28,32,34H,8,13-17H2,1-2H3,(H,30,35)/t23-,26+,27+,28+/m1/s1. The van der Waals surface area contributed by atoms with E-state index in [-0.39, 0.29) is 37.5 Å². The van der Waals surface area contributed by atoms with Gasteiger partial charge in [0.15, 0.2) is 0 Å². The van der Waals surface area contributed by atoms with Gasteiger partial charge in [0.25, 0.3) is 0 Å². The van der Waals surface area contributed by atoms with Crippen molar-refractivity contribution in [2.45, 2.75) is 57.0 Å². The summed E-state index contributed by atoms with van der Waals surface area (Å²) >= 11 is 0. The molecule has 0 radical (unpaired) electrons. The Labute approximate surface area is 217 Å². The van der Waals surface area contributed by atoms with Gasteiger partial charge < -0.3 is 29.9 Å². The molecule has 4 rings (SSSR count). The van der Waals surface area contributed by atoms with E-state index in [0.717, 1.165) is 11.1 Å². The normalized spacial score (nSPS) is 22.0. The fourth-order valence-electron chi connectivity index (χ4n) is 5.06. The first-order chi connectivity index (χ1) is 17.9. The Balaban J connectivity index is 1.67. The van der Waals surface area contributed by atoms with E-state index in [0.29, 0.717) is 30.9 Å². The highest BCUT2D eigenvalue weighted by molar-refractivity contribution is 5.96. The predicted molar refractivity (Wildman–Crippen MR) is 139 cm³/mol. The number of nitrogens with zero attached hydrogens (tertiary/aromatic N) is 1. The Morgan fingerprint density at radius 1 is 1.11 bits per heavy atom. The van der Waals surface area contributed by atoms with Crippen molar-refractivity contribution < 1.29 is 29.3 Å². The molecule has 2 aliphatic rings. The van der Waals surface area contributed by atoms with E-state index in [9.17, 15) is 19.8 Å². The number of aliphatic hydroxyl groups is 2. The van der Waals surface area contributed by atoms with E-state index in [4.69, 9.17) is 9.47 Å². The van der Waals surface area contributed by atoms with E-state index in [1.165, 1.54) is 0 Å². The molecule has 0 aromatic heterocycles. The van der Waals surface area contributed by atoms with Crippen molar-refractivity contribution in [2.24, 2.45) is 0 Å². The molecule has 0 unspecified atom stereocenters. The number of hydrogen-bond acceptors (Lipinski definition) is 6. The van der Waals surface area contributed by atoms with Crippen molar-refractivity contribution in [1.29, 1.82) is 0 Å². The van der Waals surface area contributed by atoms with Crippen LogP contribution in [0.1, 0.15) is 37.3 Å². The van der Waals surface area contributed by atoms with Crippen LogP contribution in [-0.4, -0.2) is 77.6 Å². The molecule has 2 amide bonds. The average molecular weight is 509 g/mol. The SMILES string of the molecule is CC(C)OCCCN(C(=O)Cc1ccccc1)[C@@H]1C=C(C(=O)NCCO)[C@@H]2c3ccccc3O[C@@H]2[C@H]1O. The molecule has 1 heterocycles. The number of carbonyl (C=O) groups excluding carboxylic acids is 2. The van der Waals surface area contributed by atoms with Crippen molar-refractivity contribution >= 4 is 11.8 Å². The fraction of sp³-hybridized carbons (Fsp3) is 0.448. The third-order valence-electron chi connectivity index (χ3n) is 6.75. The number of nitrogens with one attached hydrogen (secondary N) is 1. The van der Waals surface area contributed by atoms with Crippen LogP contribution in [0.4, 0.5) is 0 Å². The molecular formula is C29H36N2O6. The molecule has 8 heteroatoms. The number of carbonyl (C=O) groups is 2. The molecule has 0 saturated carbocycles. The number of para-hydroxylation sites is 1. The highest BCUT2D eigenvalue weighted by Gasteiger charge is 2.50. The zero-order valence-electron chi connectivity index (χ0n) is 21.4. The predicted octanol–water partition coefficient (Wildman–Crippen LogP) is 2.20. The molecule has 0 bridgehead atoms. The van der Waals surface area contributed by atoms with E-state index in [1.54, 1.807) is 11.0 Å². The number of aliphatic hydroxyl groups excluding tert-OH is 2. The minimum Gasteiger partial charge on any atom is -0.486 e. The number of amides is 2. The molecule has 0 spiro atoms. The van der Waals surface area contributed by atoms with Crippen molar-refractivity contribution in [3.63, 3.8) is 0 Å². The summed E-state index contributed by atoms with van der Waals surface area (Å²) in [4.78, 5) is 28.5. The summed E-state index contributed by atoms with van der Waals surface area (Å²) in [6.45, 7) is 4.65. The Morgan fingerprint density at radius 2 is 1.84 bits per heavy atom. The first kappa shape index (κ1) is 26.9. The van der Waals surface area contributed by atoms with Crippen molar-refractivity contribution in [3.8, 4) is 5.75 Å². The van der Waals surface area contributed by atoms with Crippen molar-refractivity contribution in [3.05, 3.63) is 77.4 Å². The van der Waals surface area contributed by atoms with Crippen LogP contribution in [0.15, 0.2) is 66.2 Å². The van der Waals surface area contributed by atoms with Gasteiger partial charge in [0.2, 0.25) is 11.8 Å². The van der Waals surface area contributed by atoms with Gasteiger partial charge in [-0.25, -0.2) is 0 Å². The van der Waals surface area contributed by atoms with Crippen LogP contribution < -0.4 is 10.1 Å². The second-order valence-corrected chi connectivity index (χ2v) is 9.70. The number of rotatable bonds is 11. The lowest BCUT2D eigenvalue weighted by Gasteiger charge is -2.41. The number of hydrogen-bond donors (Lipinski definition) is 3. The molecule has 2 aromatic carbocycles. The van der Waals surface area contributed by atoms with Crippen LogP contribution in [0.25, 0.3) is 0 Å². The topological polar surface area (TPSA) is 108 Å². The Kier molecular flexibility index (Phi) is 8.97. The van der Waals surface area contributed by atoms with Gasteiger partial charge in [0.1, 0.15) is 18.0 Å². The Morgan fingerprint density at radius 3 is 2.57 bits per heavy atom. The number of fused-ring (bicyclic) bond motifs is 3. The summed E-state index contributed by atoms with van der Waals surface area (Å²) < 4.78 is 11.9. The third kappa shape index (κ3) is 6.21. The van der Waals surface area contributed by atoms with Gasteiger partial charge in [-0.1, -0.05) is 48.5 Å². The number of benzene rings is 2. The smallest absolute Gasteiger partial charge is 0.247 e. The minimum absolute atomic E-state index is 0.0709. The maximum absolute atomic E-state index is 13.6. The van der Waals surface area contributed by atoms with Gasteiger partial charge in [-0.15, -0.1) is 0 Å². The van der Waals surface area contributed by atoms with Gasteiger partial charge in [-0.2, -0.15) is 0 Å². The van der Waals surface area contributed by atoms with Crippen molar-refractivity contribution in [1.82, 2.24) is 10.2 Å². The lowest BCUT2D eigenvalue weighted by Crippen LogP contribution is -2.56. The molecule has 0 saturated heterocycles. The summed E-state index contributed by atoms with van der Waals surface area (Å²) in [5.41, 5.74) is 2.12. The molecule has 4 atom stereocenters. The van der Waals surface area contributed by atoms with Gasteiger partial charge in [0, 0.05) is 30.8 Å². The molecule has 1 aliphatic heterocycles. The summed E-state index contributed by atoms with van der Waals surface area (Å²) in [5.74, 6) is -0.359. The molecule has 37 heavy (non-hydrogen) atoms. The summed E-state index contributed by atoms with van der Waals surface area (Å²) in [5, 5.41) is 23.5. The van der Waals surface area contributed by atoms with Crippen LogP contribution in [0.3, 0.4) is 0 Å². The van der Waals surface area contributed by atoms with Crippen molar-refractivity contribution in [2.75, 3.05) is 26.3 Å². The van der Waals surface area contributed by atoms with Crippen LogP contribution in [-0.2, 0) is 20.7 Å². The second kappa shape index (κ2) is 12.4. The maximum atomic E-state index is 13.6. The number of ether oxygens (including phenoxy) is 2. The van der Waals surface area contributed by atoms with Gasteiger partial charge >= 0.3 is 0 Å². The molecule has 2 aromatic rings. The van der Waals surface area contributed by atoms with Crippen LogP contribution in [0.2, 0.25) is 0 Å². The van der Waals surface area contributed by atoms with E-state index < -0.39 is 24.2 Å². The highest BCUT2D eigenvalue weighted by atomic mass is 16.5. The van der Waals surface area contributed by atoms with Crippen LogP contribution >= 0.6 is 0 Å². The fourth-order valence-corrected chi connectivity index (χ4v) is 5.06. The minimum atomic E-state index is -1.04. The van der Waals surface area contributed by atoms with Crippen LogP contribution in [0, 0.1) is 0 Å². The molecular weight excluding hydrogens is 472 g/mol. The Bertz CT molecular complexity index is 1100. The molecule has 3 N–H and O–H groups in total. The van der Waals surface area contributed by atoms with Gasteiger partial charge in [-0.3, -0.25) is 9.59 Å². The maximum Gasteiger partial charge on any atom is 0.247 e. The first-order valence-electron chi connectivity index (χ1n) is 12.9. The average Bonchev–Trinajstić information content (AvgIpc) is 3.28. The molecule has 1 aliphatic carbocycles. The Hall–Kier alpha value is -3.20. The van der Waals surface area contributed by atoms with Gasteiger partial charge in [-0.05, 0) is 38.0 Å². The summed E-state index contributed by atoms with van der Waals surface area (Å²) in [7, 11) is 0. The highest BCUT2D eigenvalue weighted by Crippen LogP contribution is 2.47. The third-order valence-corrected chi connectivity index (χ3v) is 6.75. The zero-order chi connectivity index (χ0) is 26.4. The monoisotopic (exact) mass is 508 g/mol. The quantitative estimate of drug-likeness (QED) is 0.402. The van der Waals surface area contributed by atoms with Crippen LogP contribution in [0.5, 0.6) is 5.75 Å². The summed E-state index contributed by atoms with van der Waals surface area (Å²) in [6, 6.07) is 16.1. The van der Waals surface area contributed by atoms with E-state index >= 15 is 0 Å². The summed E-state index contributed by atoms with van der Waals surface area (Å²) in [6.07, 6.45) is 0.762. The second-order valence-electron chi connectivity index (χ2n) is 9.70. The zero-order valence-corrected chi connectivity index (χ0v) is 21.4. The lowest BCUT2D eigenvalue weighted by atomic mass is 9.77.